The monoisotopic (exact) mass is 940 g/mol. The molecule has 2 aromatic rings. The maximum absolute atomic E-state index is 13.0. The molecule has 4 fully saturated rings. The molecule has 4 unspecified atom stereocenters. The molecular weight excluding hydrogens is 883 g/mol. The molecule has 2 heterocycles. The second-order valence-electron chi connectivity index (χ2n) is 15.0. The molecule has 6 atom stereocenters. The van der Waals surface area contributed by atoms with Crippen LogP contribution in [0.25, 0.3) is 0 Å². The Kier molecular flexibility index (Phi) is 20.8. The standard InChI is InChI=1S/C21H25ClN2O6.C16H19Cl2NO3.C5H7NO3.2CH4/c1-13(29-19(27)16-10-11-18(26)23-16)30-20(28)24(2)21(12-6-5-9-17(21)25)14-7-3-4-8-15(14)22;1-11(17)22-15(21)19(2)16(10-6-5-9-14(16)20)12-7-3-4-8-13(12)18;7-4-2-1-3(6-4)5(8)9;;/h3-4,7-8,13,16H,5-6,9-12H2,1-2H3,(H,23,26);3-4,7-8,11H,5-6,9-10H2,1-2H3;3H,1-2H2,(H,6,7)(H,8,9);2*1H4/t13?,16?,21-;11?,16-;;;/m00.../s1. The first-order chi connectivity index (χ1) is 28.8. The summed E-state index contributed by atoms with van der Waals surface area (Å²) in [6.45, 7) is 2.96. The van der Waals surface area contributed by atoms with Gasteiger partial charge < -0.3 is 30.0 Å². The number of Topliss-reactive ketones (excluding diaryl/α,β-unsaturated/α-hetero) is 2. The van der Waals surface area contributed by atoms with Crippen molar-refractivity contribution in [3.63, 3.8) is 0 Å². The molecule has 2 saturated heterocycles. The first-order valence-corrected chi connectivity index (χ1v) is 21.2. The molecule has 0 spiro atoms. The second kappa shape index (κ2) is 24.2. The van der Waals surface area contributed by atoms with Crippen molar-refractivity contribution in [2.45, 2.75) is 141 Å². The van der Waals surface area contributed by atoms with Crippen molar-refractivity contribution >= 4 is 82.3 Å². The molecule has 19 heteroatoms. The van der Waals surface area contributed by atoms with Gasteiger partial charge in [-0.1, -0.05) is 86.1 Å². The molecule has 6 rings (SSSR count). The number of amides is 4. The zero-order valence-electron chi connectivity index (χ0n) is 34.4. The summed E-state index contributed by atoms with van der Waals surface area (Å²) in [5.74, 6) is -2.13. The van der Waals surface area contributed by atoms with Crippen LogP contribution in [0.1, 0.15) is 117 Å². The lowest BCUT2D eigenvalue weighted by molar-refractivity contribution is -0.170. The Morgan fingerprint density at radius 1 is 0.667 bits per heavy atom. The van der Waals surface area contributed by atoms with Crippen molar-refractivity contribution in [3.05, 3.63) is 69.7 Å². The summed E-state index contributed by atoms with van der Waals surface area (Å²) in [5.41, 5.74) is -1.90. The van der Waals surface area contributed by atoms with E-state index in [2.05, 4.69) is 10.6 Å². The van der Waals surface area contributed by atoms with Gasteiger partial charge in [0.15, 0.2) is 17.1 Å². The molecule has 4 aliphatic rings. The largest absolute Gasteiger partial charge is 0.480 e. The highest BCUT2D eigenvalue weighted by Gasteiger charge is 2.50. The maximum Gasteiger partial charge on any atom is 0.413 e. The lowest BCUT2D eigenvalue weighted by atomic mass is 9.74. The average Bonchev–Trinajstić information content (AvgIpc) is 3.87. The number of alkyl halides is 1. The Morgan fingerprint density at radius 2 is 1.08 bits per heavy atom. The summed E-state index contributed by atoms with van der Waals surface area (Å²) in [6, 6.07) is 12.7. The predicted molar refractivity (Wildman–Crippen MR) is 236 cm³/mol. The number of hydrogen-bond acceptors (Lipinski definition) is 11. The van der Waals surface area contributed by atoms with E-state index >= 15 is 0 Å². The van der Waals surface area contributed by atoms with Gasteiger partial charge in [-0.3, -0.25) is 29.0 Å². The van der Waals surface area contributed by atoms with E-state index in [1.807, 2.05) is 6.07 Å². The van der Waals surface area contributed by atoms with Gasteiger partial charge in [0, 0.05) is 67.9 Å². The Labute approximate surface area is 383 Å². The van der Waals surface area contributed by atoms with Gasteiger partial charge in [-0.15, -0.1) is 0 Å². The Bertz CT molecular complexity index is 1980. The first kappa shape index (κ1) is 54.2. The van der Waals surface area contributed by atoms with Crippen LogP contribution in [0.3, 0.4) is 0 Å². The lowest BCUT2D eigenvalue weighted by Crippen LogP contribution is -2.55. The molecule has 2 saturated carbocycles. The summed E-state index contributed by atoms with van der Waals surface area (Å²) in [4.78, 5) is 97.5. The summed E-state index contributed by atoms with van der Waals surface area (Å²) in [6.07, 6.45) is 3.58. The number of benzene rings is 2. The molecule has 2 aliphatic heterocycles. The van der Waals surface area contributed by atoms with Gasteiger partial charge in [-0.05, 0) is 70.4 Å². The predicted octanol–water partition coefficient (Wildman–Crippen LogP) is 7.87. The molecule has 16 nitrogen and oxygen atoms in total. The van der Waals surface area contributed by atoms with Crippen LogP contribution in [0, 0.1) is 0 Å². The molecule has 0 aromatic heterocycles. The number of carbonyl (C=O) groups excluding carboxylic acids is 7. The van der Waals surface area contributed by atoms with Crippen LogP contribution in [0.15, 0.2) is 48.5 Å². The smallest absolute Gasteiger partial charge is 0.413 e. The minimum absolute atomic E-state index is 0. The third-order valence-corrected chi connectivity index (χ3v) is 11.8. The van der Waals surface area contributed by atoms with Gasteiger partial charge in [0.2, 0.25) is 18.1 Å². The number of nitrogens with zero attached hydrogens (tertiary/aromatic N) is 2. The third kappa shape index (κ3) is 13.1. The van der Waals surface area contributed by atoms with Crippen molar-refractivity contribution in [3.8, 4) is 0 Å². The highest BCUT2D eigenvalue weighted by Crippen LogP contribution is 2.44. The summed E-state index contributed by atoms with van der Waals surface area (Å²) >= 11 is 18.4. The van der Waals surface area contributed by atoms with E-state index in [1.54, 1.807) is 56.4 Å². The van der Waals surface area contributed by atoms with Crippen molar-refractivity contribution in [1.29, 1.82) is 0 Å². The number of aliphatic carboxylic acids is 1. The zero-order valence-corrected chi connectivity index (χ0v) is 36.6. The van der Waals surface area contributed by atoms with Crippen LogP contribution in [0.4, 0.5) is 9.59 Å². The number of carboxylic acids is 1. The number of likely N-dealkylation sites (N-methyl/N-ethyl adjacent to an activating group) is 2. The summed E-state index contributed by atoms with van der Waals surface area (Å²) in [7, 11) is 3.05. The van der Waals surface area contributed by atoms with E-state index in [0.29, 0.717) is 66.1 Å². The molecule has 0 bridgehead atoms. The fraction of sp³-hybridized carbons (Fsp3) is 0.545. The normalized spacial score (nSPS) is 23.5. The third-order valence-electron chi connectivity index (χ3n) is 11.0. The molecule has 3 N–H and O–H groups in total. The fourth-order valence-corrected chi connectivity index (χ4v) is 8.53. The average molecular weight is 942 g/mol. The Balaban J connectivity index is 0.000000362. The summed E-state index contributed by atoms with van der Waals surface area (Å²) < 4.78 is 15.5. The van der Waals surface area contributed by atoms with E-state index in [0.717, 1.165) is 25.7 Å². The van der Waals surface area contributed by atoms with Crippen molar-refractivity contribution in [2.75, 3.05) is 14.1 Å². The number of ketones is 2. The van der Waals surface area contributed by atoms with Crippen molar-refractivity contribution in [2.24, 2.45) is 0 Å². The topological polar surface area (TPSA) is 215 Å². The number of halogens is 3. The van der Waals surface area contributed by atoms with Gasteiger partial charge in [0.05, 0.1) is 0 Å². The number of carboxylic acid groups (broad SMARTS) is 1. The summed E-state index contributed by atoms with van der Waals surface area (Å²) in [5, 5.41) is 14.0. The highest BCUT2D eigenvalue weighted by atomic mass is 35.5. The molecule has 2 aliphatic carbocycles. The van der Waals surface area contributed by atoms with Gasteiger partial charge in [-0.25, -0.2) is 19.2 Å². The first-order valence-electron chi connectivity index (χ1n) is 20.0. The van der Waals surface area contributed by atoms with Gasteiger partial charge in [0.1, 0.15) is 23.2 Å². The van der Waals surface area contributed by atoms with Gasteiger partial charge in [0.25, 0.3) is 0 Å². The minimum atomic E-state index is -1.24. The number of esters is 1. The molecule has 0 radical (unpaired) electrons. The number of ether oxygens (including phenoxy) is 3. The van der Waals surface area contributed by atoms with Crippen molar-refractivity contribution < 1.29 is 57.7 Å². The van der Waals surface area contributed by atoms with E-state index in [9.17, 15) is 38.4 Å². The second-order valence-corrected chi connectivity index (χ2v) is 16.5. The molecule has 2 aromatic carbocycles. The van der Waals surface area contributed by atoms with Gasteiger partial charge >= 0.3 is 24.1 Å². The van der Waals surface area contributed by atoms with E-state index in [-0.39, 0.29) is 44.7 Å². The fourth-order valence-electron chi connectivity index (χ4n) is 7.87. The molecular formula is C44H59Cl3N4O12. The Morgan fingerprint density at radius 3 is 1.43 bits per heavy atom. The quantitative estimate of drug-likeness (QED) is 0.124. The van der Waals surface area contributed by atoms with E-state index < -0.39 is 59.1 Å². The van der Waals surface area contributed by atoms with Crippen LogP contribution >= 0.6 is 34.8 Å². The number of carbonyl (C=O) groups is 8. The number of hydrogen-bond donors (Lipinski definition) is 3. The molecule has 63 heavy (non-hydrogen) atoms. The highest BCUT2D eigenvalue weighted by molar-refractivity contribution is 6.32. The van der Waals surface area contributed by atoms with Crippen LogP contribution < -0.4 is 10.6 Å². The van der Waals surface area contributed by atoms with Crippen LogP contribution in [-0.2, 0) is 54.1 Å². The number of nitrogens with one attached hydrogen (secondary N) is 2. The number of rotatable bonds is 9. The molecule has 348 valence electrons. The minimum Gasteiger partial charge on any atom is -0.480 e. The lowest BCUT2D eigenvalue weighted by Gasteiger charge is -2.43. The maximum atomic E-state index is 13.0. The van der Waals surface area contributed by atoms with Crippen molar-refractivity contribution in [1.82, 2.24) is 20.4 Å². The van der Waals surface area contributed by atoms with Gasteiger partial charge in [-0.2, -0.15) is 0 Å². The van der Waals surface area contributed by atoms with Crippen LogP contribution in [-0.4, -0.2) is 100 Å². The van der Waals surface area contributed by atoms with E-state index in [1.165, 1.54) is 23.8 Å². The Hall–Kier alpha value is -4.93. The van der Waals surface area contributed by atoms with Crippen LogP contribution in [0.5, 0.6) is 0 Å². The molecule has 4 amide bonds. The van der Waals surface area contributed by atoms with Crippen LogP contribution in [0.2, 0.25) is 10.0 Å². The van der Waals surface area contributed by atoms with E-state index in [4.69, 9.17) is 54.1 Å². The zero-order chi connectivity index (χ0) is 45.1. The SMILES string of the molecule is C.C.CC(Cl)OC(=O)N(C)[C@]1(c2ccccc2Cl)CCCCC1=O.CC(OC(=O)C1CCC(=O)N1)OC(=O)N(C)[C@]1(c2ccccc2Cl)CCCCC1=O.O=C1CCC(C(=O)O)N1.